The van der Waals surface area contributed by atoms with Crippen molar-refractivity contribution in [1.82, 2.24) is 0 Å². The molecule has 0 aliphatic rings. The lowest BCUT2D eigenvalue weighted by atomic mass is 10.1. The summed E-state index contributed by atoms with van der Waals surface area (Å²) in [5.41, 5.74) is -0.788. The van der Waals surface area contributed by atoms with Gasteiger partial charge in [0.25, 0.3) is 0 Å². The monoisotopic (exact) mass is 274 g/mol. The maximum absolute atomic E-state index is 12.3. The standard InChI is InChI=1S/C12H11F3O2.C2H6/c1-3-17-11(16)10-6-4-9(5-7-10)8(2)12(13,14)15;1-2/h4-7H,2-3H2,1H3;1-2H3. The van der Waals surface area contributed by atoms with Crippen molar-refractivity contribution in [3.05, 3.63) is 42.0 Å². The third-order valence-corrected chi connectivity index (χ3v) is 2.09. The quantitative estimate of drug-likeness (QED) is 0.760. The molecule has 0 atom stereocenters. The molecular formula is C14H17F3O2. The zero-order valence-electron chi connectivity index (χ0n) is 11.2. The Hall–Kier alpha value is -1.78. The Morgan fingerprint density at radius 1 is 1.16 bits per heavy atom. The summed E-state index contributed by atoms with van der Waals surface area (Å²) in [6.45, 7) is 8.83. The highest BCUT2D eigenvalue weighted by molar-refractivity contribution is 5.89. The Kier molecular flexibility index (Phi) is 6.90. The SMILES string of the molecule is C=C(c1ccc(C(=O)OCC)cc1)C(F)(F)F.CC. The van der Waals surface area contributed by atoms with Crippen LogP contribution in [0.2, 0.25) is 0 Å². The first-order valence-corrected chi connectivity index (χ1v) is 5.90. The van der Waals surface area contributed by atoms with Crippen LogP contribution in [-0.4, -0.2) is 18.8 Å². The summed E-state index contributed by atoms with van der Waals surface area (Å²) in [6.07, 6.45) is -4.47. The van der Waals surface area contributed by atoms with Crippen molar-refractivity contribution < 1.29 is 22.7 Å². The number of esters is 1. The molecule has 1 aromatic carbocycles. The number of alkyl halides is 3. The van der Waals surface area contributed by atoms with E-state index < -0.39 is 17.7 Å². The van der Waals surface area contributed by atoms with Crippen LogP contribution in [0.15, 0.2) is 30.8 Å². The van der Waals surface area contributed by atoms with E-state index in [9.17, 15) is 18.0 Å². The highest BCUT2D eigenvalue weighted by atomic mass is 19.4. The lowest BCUT2D eigenvalue weighted by Crippen LogP contribution is -2.10. The third kappa shape index (κ3) is 5.16. The molecular weight excluding hydrogens is 257 g/mol. The molecule has 0 unspecified atom stereocenters. The Morgan fingerprint density at radius 3 is 1.95 bits per heavy atom. The first-order valence-electron chi connectivity index (χ1n) is 5.90. The Bertz CT molecular complexity index is 419. The first kappa shape index (κ1) is 17.2. The maximum Gasteiger partial charge on any atom is 0.416 e. The minimum Gasteiger partial charge on any atom is -0.462 e. The second-order valence-electron chi connectivity index (χ2n) is 3.27. The van der Waals surface area contributed by atoms with E-state index in [0.717, 1.165) is 0 Å². The van der Waals surface area contributed by atoms with Crippen molar-refractivity contribution in [2.45, 2.75) is 26.9 Å². The largest absolute Gasteiger partial charge is 0.462 e. The van der Waals surface area contributed by atoms with Gasteiger partial charge >= 0.3 is 12.1 Å². The number of rotatable bonds is 3. The summed E-state index contributed by atoms with van der Waals surface area (Å²) in [7, 11) is 0. The number of carbonyl (C=O) groups excluding carboxylic acids is 1. The van der Waals surface area contributed by atoms with Crippen molar-refractivity contribution in [3.63, 3.8) is 0 Å². The van der Waals surface area contributed by atoms with Gasteiger partial charge in [-0.3, -0.25) is 0 Å². The Labute approximate surface area is 110 Å². The van der Waals surface area contributed by atoms with Crippen molar-refractivity contribution in [2.75, 3.05) is 6.61 Å². The fourth-order valence-corrected chi connectivity index (χ4v) is 1.19. The average molecular weight is 274 g/mol. The summed E-state index contributed by atoms with van der Waals surface area (Å²) in [5.74, 6) is -0.559. The van der Waals surface area contributed by atoms with Crippen LogP contribution < -0.4 is 0 Å². The number of ether oxygens (including phenoxy) is 1. The minimum absolute atomic E-state index is 0.0643. The highest BCUT2D eigenvalue weighted by Gasteiger charge is 2.32. The van der Waals surface area contributed by atoms with Gasteiger partial charge in [0.15, 0.2) is 0 Å². The summed E-state index contributed by atoms with van der Waals surface area (Å²) < 4.78 is 41.7. The predicted octanol–water partition coefficient (Wildman–Crippen LogP) is 4.47. The van der Waals surface area contributed by atoms with E-state index in [1.54, 1.807) is 6.92 Å². The van der Waals surface area contributed by atoms with E-state index >= 15 is 0 Å². The molecule has 19 heavy (non-hydrogen) atoms. The number of carbonyl (C=O) groups is 1. The van der Waals surface area contributed by atoms with Gasteiger partial charge in [0.2, 0.25) is 0 Å². The smallest absolute Gasteiger partial charge is 0.416 e. The molecule has 0 aliphatic heterocycles. The van der Waals surface area contributed by atoms with Gasteiger partial charge in [-0.2, -0.15) is 13.2 Å². The first-order chi connectivity index (χ1) is 8.86. The van der Waals surface area contributed by atoms with Gasteiger partial charge in [0.1, 0.15) is 0 Å². The van der Waals surface area contributed by atoms with Crippen LogP contribution in [0.25, 0.3) is 5.57 Å². The number of hydrogen-bond donors (Lipinski definition) is 0. The zero-order chi connectivity index (χ0) is 15.1. The molecule has 0 saturated carbocycles. The fourth-order valence-electron chi connectivity index (χ4n) is 1.19. The summed E-state index contributed by atoms with van der Waals surface area (Å²) >= 11 is 0. The molecule has 0 aromatic heterocycles. The van der Waals surface area contributed by atoms with Gasteiger partial charge in [-0.15, -0.1) is 0 Å². The van der Waals surface area contributed by atoms with Gasteiger partial charge in [0.05, 0.1) is 17.7 Å². The molecule has 0 aliphatic carbocycles. The number of hydrogen-bond acceptors (Lipinski definition) is 2. The second-order valence-corrected chi connectivity index (χ2v) is 3.27. The molecule has 5 heteroatoms. The van der Waals surface area contributed by atoms with Crippen LogP contribution in [0.1, 0.15) is 36.7 Å². The molecule has 0 amide bonds. The zero-order valence-corrected chi connectivity index (χ0v) is 11.2. The molecule has 106 valence electrons. The van der Waals surface area contributed by atoms with Gasteiger partial charge < -0.3 is 4.74 Å². The van der Waals surface area contributed by atoms with E-state index in [1.165, 1.54) is 24.3 Å². The van der Waals surface area contributed by atoms with Crippen LogP contribution in [0.4, 0.5) is 13.2 Å². The number of benzene rings is 1. The molecule has 2 nitrogen and oxygen atoms in total. The van der Waals surface area contributed by atoms with Crippen molar-refractivity contribution in [1.29, 1.82) is 0 Å². The van der Waals surface area contributed by atoms with Gasteiger partial charge in [-0.25, -0.2) is 4.79 Å². The molecule has 0 saturated heterocycles. The van der Waals surface area contributed by atoms with Crippen LogP contribution in [-0.2, 0) is 4.74 Å². The van der Waals surface area contributed by atoms with Crippen molar-refractivity contribution >= 4 is 11.5 Å². The van der Waals surface area contributed by atoms with Crippen LogP contribution in [0.3, 0.4) is 0 Å². The van der Waals surface area contributed by atoms with Crippen molar-refractivity contribution in [2.24, 2.45) is 0 Å². The number of halogens is 3. The summed E-state index contributed by atoms with van der Waals surface area (Å²) in [6, 6.07) is 4.96. The molecule has 0 radical (unpaired) electrons. The van der Waals surface area contributed by atoms with Crippen LogP contribution >= 0.6 is 0 Å². The van der Waals surface area contributed by atoms with Crippen LogP contribution in [0.5, 0.6) is 0 Å². The van der Waals surface area contributed by atoms with Gasteiger partial charge in [-0.05, 0) is 24.6 Å². The normalized spacial score (nSPS) is 10.2. The molecule has 1 rings (SSSR count). The van der Waals surface area contributed by atoms with Gasteiger partial charge in [0, 0.05) is 0 Å². The van der Waals surface area contributed by atoms with Gasteiger partial charge in [-0.1, -0.05) is 32.6 Å². The highest BCUT2D eigenvalue weighted by Crippen LogP contribution is 2.32. The van der Waals surface area contributed by atoms with E-state index in [4.69, 9.17) is 4.74 Å². The lowest BCUT2D eigenvalue weighted by Gasteiger charge is -2.10. The third-order valence-electron chi connectivity index (χ3n) is 2.09. The topological polar surface area (TPSA) is 26.3 Å². The van der Waals surface area contributed by atoms with Crippen LogP contribution in [0, 0.1) is 0 Å². The molecule has 0 N–H and O–H groups in total. The maximum atomic E-state index is 12.3. The Morgan fingerprint density at radius 2 is 1.58 bits per heavy atom. The molecule has 0 bridgehead atoms. The number of allylic oxidation sites excluding steroid dienone is 1. The molecule has 0 heterocycles. The fraction of sp³-hybridized carbons (Fsp3) is 0.357. The van der Waals surface area contributed by atoms with E-state index in [1.807, 2.05) is 13.8 Å². The van der Waals surface area contributed by atoms with E-state index in [2.05, 4.69) is 6.58 Å². The minimum atomic E-state index is -4.47. The second kappa shape index (κ2) is 7.61. The average Bonchev–Trinajstić information content (AvgIpc) is 2.39. The molecule has 0 fully saturated rings. The predicted molar refractivity (Wildman–Crippen MR) is 68.8 cm³/mol. The Balaban J connectivity index is 0.00000154. The summed E-state index contributed by atoms with van der Waals surface area (Å²) in [5, 5.41) is 0. The van der Waals surface area contributed by atoms with E-state index in [0.29, 0.717) is 0 Å². The molecule has 0 spiro atoms. The van der Waals surface area contributed by atoms with Crippen molar-refractivity contribution in [3.8, 4) is 0 Å². The lowest BCUT2D eigenvalue weighted by molar-refractivity contribution is -0.0686. The van der Waals surface area contributed by atoms with E-state index in [-0.39, 0.29) is 17.7 Å². The molecule has 1 aromatic rings. The summed E-state index contributed by atoms with van der Waals surface area (Å²) in [4.78, 5) is 11.3.